The maximum atomic E-state index is 6.26. The minimum absolute atomic E-state index is 0.127. The van der Waals surface area contributed by atoms with E-state index >= 15 is 0 Å². The van der Waals surface area contributed by atoms with E-state index in [0.29, 0.717) is 0 Å². The lowest BCUT2D eigenvalue weighted by Crippen LogP contribution is -2.06. The van der Waals surface area contributed by atoms with E-state index in [1.54, 1.807) is 6.26 Å². The topological polar surface area (TPSA) is 31.0 Å². The second-order valence-electron chi connectivity index (χ2n) is 4.70. The average Bonchev–Trinajstić information content (AvgIpc) is 3.03. The summed E-state index contributed by atoms with van der Waals surface area (Å²) in [6, 6.07) is 9.97. The molecule has 0 spiro atoms. The molecule has 0 amide bonds. The Bertz CT molecular complexity index is 719. The number of imidazole rings is 1. The van der Waals surface area contributed by atoms with Crippen molar-refractivity contribution in [3.63, 3.8) is 0 Å². The van der Waals surface area contributed by atoms with Gasteiger partial charge in [0.05, 0.1) is 22.7 Å². The predicted molar refractivity (Wildman–Crippen MR) is 84.1 cm³/mol. The van der Waals surface area contributed by atoms with Crippen LogP contribution < -0.4 is 0 Å². The van der Waals surface area contributed by atoms with Crippen LogP contribution in [0.25, 0.3) is 11.0 Å². The van der Waals surface area contributed by atoms with Crippen molar-refractivity contribution in [2.75, 3.05) is 0 Å². The molecule has 3 nitrogen and oxygen atoms in total. The first-order chi connectivity index (χ1) is 9.65. The Hall–Kier alpha value is -1.26. The number of aromatic nitrogens is 2. The molecule has 1 unspecified atom stereocenters. The molecule has 1 atom stereocenters. The van der Waals surface area contributed by atoms with Gasteiger partial charge in [0.1, 0.15) is 11.6 Å². The Balaban J connectivity index is 2.01. The first-order valence-electron chi connectivity index (χ1n) is 6.47. The molecule has 0 radical (unpaired) electrons. The van der Waals surface area contributed by atoms with Crippen LogP contribution in [0.3, 0.4) is 0 Å². The van der Waals surface area contributed by atoms with Gasteiger partial charge in [-0.3, -0.25) is 0 Å². The molecule has 3 rings (SSSR count). The van der Waals surface area contributed by atoms with E-state index in [4.69, 9.17) is 16.0 Å². The fraction of sp³-hybridized carbons (Fsp3) is 0.267. The van der Waals surface area contributed by atoms with Gasteiger partial charge < -0.3 is 8.98 Å². The number of furan rings is 1. The third-order valence-electron chi connectivity index (χ3n) is 3.26. The summed E-state index contributed by atoms with van der Waals surface area (Å²) >= 11 is 9.77. The molecule has 0 fully saturated rings. The van der Waals surface area contributed by atoms with Gasteiger partial charge in [0.15, 0.2) is 0 Å². The summed E-state index contributed by atoms with van der Waals surface area (Å²) in [5, 5.41) is -0.127. The summed E-state index contributed by atoms with van der Waals surface area (Å²) in [7, 11) is 0. The highest BCUT2D eigenvalue weighted by Gasteiger charge is 2.15. The lowest BCUT2D eigenvalue weighted by Gasteiger charge is -2.09. The Morgan fingerprint density at radius 1 is 1.40 bits per heavy atom. The summed E-state index contributed by atoms with van der Waals surface area (Å²) in [6.07, 6.45) is 2.52. The smallest absolute Gasteiger partial charge is 0.127 e. The fourth-order valence-corrected chi connectivity index (χ4v) is 2.85. The van der Waals surface area contributed by atoms with Crippen LogP contribution in [0.15, 0.2) is 45.5 Å². The Morgan fingerprint density at radius 2 is 2.25 bits per heavy atom. The Labute approximate surface area is 130 Å². The van der Waals surface area contributed by atoms with Crippen LogP contribution in [0, 0.1) is 0 Å². The number of rotatable bonds is 4. The number of halogens is 2. The molecule has 0 N–H and O–H groups in total. The van der Waals surface area contributed by atoms with Gasteiger partial charge in [-0.1, -0.05) is 15.9 Å². The number of hydrogen-bond donors (Lipinski definition) is 0. The number of nitrogens with zero attached hydrogens (tertiary/aromatic N) is 2. The summed E-state index contributed by atoms with van der Waals surface area (Å²) in [5.74, 6) is 1.86. The zero-order valence-electron chi connectivity index (χ0n) is 11.0. The van der Waals surface area contributed by atoms with Crippen molar-refractivity contribution >= 4 is 38.6 Å². The van der Waals surface area contributed by atoms with Crippen LogP contribution >= 0.6 is 27.5 Å². The summed E-state index contributed by atoms with van der Waals surface area (Å²) in [5.41, 5.74) is 2.06. The number of alkyl halides is 1. The zero-order chi connectivity index (χ0) is 14.1. The Kier molecular flexibility index (Phi) is 3.85. The Morgan fingerprint density at radius 3 is 2.95 bits per heavy atom. The van der Waals surface area contributed by atoms with Crippen LogP contribution in [0.2, 0.25) is 0 Å². The molecule has 3 aromatic rings. The molecule has 0 aliphatic carbocycles. The second-order valence-corrected chi connectivity index (χ2v) is 6.27. The lowest BCUT2D eigenvalue weighted by molar-refractivity contribution is 0.490. The van der Waals surface area contributed by atoms with E-state index in [1.807, 2.05) is 31.2 Å². The standard InChI is InChI=1S/C15H14BrClN2O/c1-10(17)15-18-13-5-4-11(16)9-14(13)19(15)7-6-12-3-2-8-20-12/h2-5,8-10H,6-7H2,1H3. The summed E-state index contributed by atoms with van der Waals surface area (Å²) < 4.78 is 8.60. The van der Waals surface area contributed by atoms with E-state index in [-0.39, 0.29) is 5.38 Å². The van der Waals surface area contributed by atoms with Crippen molar-refractivity contribution in [1.82, 2.24) is 9.55 Å². The highest BCUT2D eigenvalue weighted by Crippen LogP contribution is 2.27. The van der Waals surface area contributed by atoms with Crippen LogP contribution in [0.4, 0.5) is 0 Å². The van der Waals surface area contributed by atoms with Crippen LogP contribution in [-0.2, 0) is 13.0 Å². The summed E-state index contributed by atoms with van der Waals surface area (Å²) in [6.45, 7) is 2.74. The molecule has 104 valence electrons. The van der Waals surface area contributed by atoms with Gasteiger partial charge in [-0.2, -0.15) is 0 Å². The molecule has 1 aromatic carbocycles. The number of fused-ring (bicyclic) bond motifs is 1. The number of aryl methyl sites for hydroxylation is 2. The molecule has 20 heavy (non-hydrogen) atoms. The maximum absolute atomic E-state index is 6.26. The largest absolute Gasteiger partial charge is 0.469 e. The first-order valence-corrected chi connectivity index (χ1v) is 7.70. The molecule has 0 saturated heterocycles. The van der Waals surface area contributed by atoms with E-state index in [1.165, 1.54) is 0 Å². The summed E-state index contributed by atoms with van der Waals surface area (Å²) in [4.78, 5) is 4.63. The molecular weight excluding hydrogens is 340 g/mol. The van der Waals surface area contributed by atoms with E-state index < -0.39 is 0 Å². The van der Waals surface area contributed by atoms with Crippen molar-refractivity contribution in [3.05, 3.63) is 52.7 Å². The van der Waals surface area contributed by atoms with Gasteiger partial charge >= 0.3 is 0 Å². The lowest BCUT2D eigenvalue weighted by atomic mass is 10.3. The van der Waals surface area contributed by atoms with Gasteiger partial charge in [0.2, 0.25) is 0 Å². The minimum Gasteiger partial charge on any atom is -0.469 e. The molecule has 0 saturated carbocycles. The first kappa shape index (κ1) is 13.7. The number of hydrogen-bond acceptors (Lipinski definition) is 2. The van der Waals surface area contributed by atoms with E-state index in [2.05, 4.69) is 31.5 Å². The average molecular weight is 354 g/mol. The van der Waals surface area contributed by atoms with Crippen molar-refractivity contribution in [2.24, 2.45) is 0 Å². The van der Waals surface area contributed by atoms with E-state index in [9.17, 15) is 0 Å². The molecule has 0 aliphatic heterocycles. The molecular formula is C15H14BrClN2O. The van der Waals surface area contributed by atoms with Gasteiger partial charge in [-0.05, 0) is 37.3 Å². The highest BCUT2D eigenvalue weighted by atomic mass is 79.9. The van der Waals surface area contributed by atoms with Crippen molar-refractivity contribution in [2.45, 2.75) is 25.3 Å². The maximum Gasteiger partial charge on any atom is 0.127 e. The van der Waals surface area contributed by atoms with Crippen LogP contribution in [-0.4, -0.2) is 9.55 Å². The minimum atomic E-state index is -0.127. The normalized spacial score (nSPS) is 12.9. The molecule has 0 bridgehead atoms. The molecule has 2 heterocycles. The van der Waals surface area contributed by atoms with Crippen molar-refractivity contribution < 1.29 is 4.42 Å². The molecule has 0 aliphatic rings. The third-order valence-corrected chi connectivity index (χ3v) is 3.95. The predicted octanol–water partition coefficient (Wildman–Crippen LogP) is 4.93. The molecule has 5 heteroatoms. The van der Waals surface area contributed by atoms with Crippen molar-refractivity contribution in [1.29, 1.82) is 0 Å². The zero-order valence-corrected chi connectivity index (χ0v) is 13.4. The van der Waals surface area contributed by atoms with Gasteiger partial charge in [0, 0.05) is 17.4 Å². The van der Waals surface area contributed by atoms with Gasteiger partial charge in [-0.25, -0.2) is 4.98 Å². The quantitative estimate of drug-likeness (QED) is 0.622. The van der Waals surface area contributed by atoms with Gasteiger partial charge in [0.25, 0.3) is 0 Å². The highest BCUT2D eigenvalue weighted by molar-refractivity contribution is 9.10. The second kappa shape index (κ2) is 5.62. The SMILES string of the molecule is CC(Cl)c1nc2ccc(Br)cc2n1CCc1ccco1. The van der Waals surface area contributed by atoms with Crippen molar-refractivity contribution in [3.8, 4) is 0 Å². The number of benzene rings is 1. The van der Waals surface area contributed by atoms with Gasteiger partial charge in [-0.15, -0.1) is 11.6 Å². The van der Waals surface area contributed by atoms with Crippen LogP contribution in [0.1, 0.15) is 23.9 Å². The third kappa shape index (κ3) is 2.63. The molecule has 2 aromatic heterocycles. The van der Waals surface area contributed by atoms with E-state index in [0.717, 1.165) is 40.1 Å². The van der Waals surface area contributed by atoms with Crippen LogP contribution in [0.5, 0.6) is 0 Å². The monoisotopic (exact) mass is 352 g/mol. The fourth-order valence-electron chi connectivity index (χ4n) is 2.33.